The van der Waals surface area contributed by atoms with Gasteiger partial charge in [-0.15, -0.1) is 0 Å². The quantitative estimate of drug-likeness (QED) is 0.418. The number of hydrogen-bond acceptors (Lipinski definition) is 7. The monoisotopic (exact) mass is 414 g/mol. The van der Waals surface area contributed by atoms with Crippen molar-refractivity contribution >= 4 is 34.8 Å². The zero-order chi connectivity index (χ0) is 22.4. The van der Waals surface area contributed by atoms with Gasteiger partial charge in [0, 0.05) is 45.5 Å². The third kappa shape index (κ3) is 5.53. The molecule has 0 fully saturated rings. The van der Waals surface area contributed by atoms with Gasteiger partial charge in [-0.05, 0) is 36.4 Å². The normalized spacial score (nSPS) is 10.1. The molecule has 0 aliphatic heterocycles. The van der Waals surface area contributed by atoms with Gasteiger partial charge in [-0.2, -0.15) is 0 Å². The summed E-state index contributed by atoms with van der Waals surface area (Å²) in [7, 11) is 6.56. The Labute approximate surface area is 173 Å². The molecule has 0 radical (unpaired) electrons. The van der Waals surface area contributed by atoms with Crippen LogP contribution >= 0.6 is 0 Å². The van der Waals surface area contributed by atoms with Crippen LogP contribution in [0.25, 0.3) is 0 Å². The van der Waals surface area contributed by atoms with Gasteiger partial charge in [0.25, 0.3) is 17.5 Å². The summed E-state index contributed by atoms with van der Waals surface area (Å²) < 4.78 is 4.94. The van der Waals surface area contributed by atoms with Gasteiger partial charge >= 0.3 is 5.97 Å². The molecular weight excluding hydrogens is 392 g/mol. The molecule has 0 aliphatic carbocycles. The van der Waals surface area contributed by atoms with E-state index in [1.807, 2.05) is 0 Å². The SMILES string of the molecule is CN(C)C(=O)c1ccc(NC(=O)COC(=O)c2ccc(N(C)C)c([N+](=O)[O-])c2)cc1. The van der Waals surface area contributed by atoms with Gasteiger partial charge in [0.05, 0.1) is 10.5 Å². The smallest absolute Gasteiger partial charge is 0.338 e. The zero-order valence-electron chi connectivity index (χ0n) is 17.0. The summed E-state index contributed by atoms with van der Waals surface area (Å²) in [6, 6.07) is 10.2. The fourth-order valence-electron chi connectivity index (χ4n) is 2.54. The first-order valence-electron chi connectivity index (χ1n) is 8.84. The molecule has 2 amide bonds. The van der Waals surface area contributed by atoms with Crippen LogP contribution in [0.5, 0.6) is 0 Å². The Morgan fingerprint density at radius 2 is 1.60 bits per heavy atom. The van der Waals surface area contributed by atoms with Crippen LogP contribution in [-0.2, 0) is 9.53 Å². The first-order chi connectivity index (χ1) is 14.1. The van der Waals surface area contributed by atoms with Crippen LogP contribution in [0.2, 0.25) is 0 Å². The van der Waals surface area contributed by atoms with E-state index in [2.05, 4.69) is 5.32 Å². The molecule has 30 heavy (non-hydrogen) atoms. The minimum absolute atomic E-state index is 0.0355. The minimum atomic E-state index is -0.856. The Morgan fingerprint density at radius 1 is 1.00 bits per heavy atom. The molecule has 2 aromatic carbocycles. The molecule has 0 saturated carbocycles. The zero-order valence-corrected chi connectivity index (χ0v) is 17.0. The van der Waals surface area contributed by atoms with Crippen molar-refractivity contribution in [2.75, 3.05) is 45.0 Å². The summed E-state index contributed by atoms with van der Waals surface area (Å²) in [6.07, 6.45) is 0. The molecule has 2 aromatic rings. The van der Waals surface area contributed by atoms with E-state index in [-0.39, 0.29) is 17.2 Å². The third-order valence-electron chi connectivity index (χ3n) is 4.05. The van der Waals surface area contributed by atoms with Crippen LogP contribution < -0.4 is 10.2 Å². The first kappa shape index (κ1) is 22.3. The summed E-state index contributed by atoms with van der Waals surface area (Å²) in [6.45, 7) is -0.569. The molecular formula is C20H22N4O6. The highest BCUT2D eigenvalue weighted by atomic mass is 16.6. The van der Waals surface area contributed by atoms with Crippen molar-refractivity contribution < 1.29 is 24.0 Å². The number of nitro groups is 1. The molecule has 10 nitrogen and oxygen atoms in total. The number of hydrogen-bond donors (Lipinski definition) is 1. The van der Waals surface area contributed by atoms with Crippen molar-refractivity contribution in [1.29, 1.82) is 0 Å². The maximum absolute atomic E-state index is 12.2. The van der Waals surface area contributed by atoms with Gasteiger partial charge in [0.1, 0.15) is 5.69 Å². The number of rotatable bonds is 7. The lowest BCUT2D eigenvalue weighted by Crippen LogP contribution is -2.22. The highest BCUT2D eigenvalue weighted by Crippen LogP contribution is 2.27. The Morgan fingerprint density at radius 3 is 2.13 bits per heavy atom. The van der Waals surface area contributed by atoms with E-state index in [1.54, 1.807) is 57.4 Å². The van der Waals surface area contributed by atoms with Crippen LogP contribution in [0.3, 0.4) is 0 Å². The van der Waals surface area contributed by atoms with Gasteiger partial charge in [0.15, 0.2) is 6.61 Å². The highest BCUT2D eigenvalue weighted by molar-refractivity contribution is 5.97. The predicted octanol–water partition coefficient (Wildman–Crippen LogP) is 2.16. The molecule has 0 aliphatic rings. The maximum atomic E-state index is 12.2. The van der Waals surface area contributed by atoms with E-state index in [0.29, 0.717) is 16.9 Å². The lowest BCUT2D eigenvalue weighted by molar-refractivity contribution is -0.384. The third-order valence-corrected chi connectivity index (χ3v) is 4.05. The van der Waals surface area contributed by atoms with Crippen molar-refractivity contribution in [2.45, 2.75) is 0 Å². The molecule has 10 heteroatoms. The number of anilines is 2. The molecule has 0 unspecified atom stereocenters. The fraction of sp³-hybridized carbons (Fsp3) is 0.250. The van der Waals surface area contributed by atoms with Crippen molar-refractivity contribution in [3.8, 4) is 0 Å². The average molecular weight is 414 g/mol. The minimum Gasteiger partial charge on any atom is -0.452 e. The number of nitrogens with zero attached hydrogens (tertiary/aromatic N) is 3. The van der Waals surface area contributed by atoms with Gasteiger partial charge in [-0.3, -0.25) is 19.7 Å². The molecule has 0 aromatic heterocycles. The van der Waals surface area contributed by atoms with Gasteiger partial charge < -0.3 is 19.9 Å². The topological polar surface area (TPSA) is 122 Å². The lowest BCUT2D eigenvalue weighted by atomic mass is 10.1. The first-order valence-corrected chi connectivity index (χ1v) is 8.84. The summed E-state index contributed by atoms with van der Waals surface area (Å²) >= 11 is 0. The number of amides is 2. The number of ether oxygens (including phenoxy) is 1. The summed E-state index contributed by atoms with van der Waals surface area (Å²) in [5.41, 5.74) is 0.952. The molecule has 2 rings (SSSR count). The van der Waals surface area contributed by atoms with E-state index in [4.69, 9.17) is 4.74 Å². The van der Waals surface area contributed by atoms with Crippen LogP contribution in [0.4, 0.5) is 17.1 Å². The second-order valence-corrected chi connectivity index (χ2v) is 6.76. The molecule has 158 valence electrons. The van der Waals surface area contributed by atoms with Gasteiger partial charge in [-0.1, -0.05) is 0 Å². The number of nitrogens with one attached hydrogen (secondary N) is 1. The largest absolute Gasteiger partial charge is 0.452 e. The summed E-state index contributed by atoms with van der Waals surface area (Å²) in [5.74, 6) is -1.61. The van der Waals surface area contributed by atoms with Gasteiger partial charge in [0.2, 0.25) is 0 Å². The van der Waals surface area contributed by atoms with Crippen molar-refractivity contribution in [1.82, 2.24) is 4.90 Å². The highest BCUT2D eigenvalue weighted by Gasteiger charge is 2.20. The second-order valence-electron chi connectivity index (χ2n) is 6.76. The second kappa shape index (κ2) is 9.50. The Bertz CT molecular complexity index is 970. The van der Waals surface area contributed by atoms with Crippen LogP contribution in [-0.4, -0.2) is 62.4 Å². The van der Waals surface area contributed by atoms with E-state index in [9.17, 15) is 24.5 Å². The maximum Gasteiger partial charge on any atom is 0.338 e. The van der Waals surface area contributed by atoms with E-state index in [0.717, 1.165) is 6.07 Å². The molecule has 0 heterocycles. The number of esters is 1. The standard InChI is InChI=1S/C20H22N4O6/c1-22(2)16-10-7-14(11-17(16)24(28)29)20(27)30-12-18(25)21-15-8-5-13(6-9-15)19(26)23(3)4/h5-11H,12H2,1-4H3,(H,21,25). The van der Waals surface area contributed by atoms with Crippen LogP contribution in [0.1, 0.15) is 20.7 Å². The molecule has 1 N–H and O–H groups in total. The molecule has 0 spiro atoms. The number of carbonyl (C=O) groups excluding carboxylic acids is 3. The van der Waals surface area contributed by atoms with E-state index in [1.165, 1.54) is 17.0 Å². The summed E-state index contributed by atoms with van der Waals surface area (Å²) in [4.78, 5) is 49.6. The van der Waals surface area contributed by atoms with E-state index >= 15 is 0 Å². The number of carbonyl (C=O) groups is 3. The van der Waals surface area contributed by atoms with Gasteiger partial charge in [-0.25, -0.2) is 4.79 Å². The van der Waals surface area contributed by atoms with Crippen molar-refractivity contribution in [2.24, 2.45) is 0 Å². The molecule has 0 atom stereocenters. The van der Waals surface area contributed by atoms with Crippen molar-refractivity contribution in [3.63, 3.8) is 0 Å². The Kier molecular flexibility index (Phi) is 7.08. The van der Waals surface area contributed by atoms with Crippen molar-refractivity contribution in [3.05, 3.63) is 63.7 Å². The fourth-order valence-corrected chi connectivity index (χ4v) is 2.54. The Hall–Kier alpha value is -3.95. The van der Waals surface area contributed by atoms with E-state index < -0.39 is 23.4 Å². The van der Waals surface area contributed by atoms with Crippen LogP contribution in [0, 0.1) is 10.1 Å². The molecule has 0 saturated heterocycles. The summed E-state index contributed by atoms with van der Waals surface area (Å²) in [5, 5.41) is 13.8. The van der Waals surface area contributed by atoms with Crippen LogP contribution in [0.15, 0.2) is 42.5 Å². The Balaban J connectivity index is 1.98. The predicted molar refractivity (Wildman–Crippen MR) is 111 cm³/mol. The lowest BCUT2D eigenvalue weighted by Gasteiger charge is -2.13. The number of nitro benzene ring substituents is 1. The average Bonchev–Trinajstić information content (AvgIpc) is 2.71. The number of benzene rings is 2. The molecule has 0 bridgehead atoms.